The third kappa shape index (κ3) is 7.56. The Labute approximate surface area is 106 Å². The standard InChI is InChI=1S/C14H27BF2/c1-4-7-10-13(14(16)17)15(11-8-5-2)12-9-6-3/h4-12H2,1-3H3. The molecule has 0 radical (unpaired) electrons. The summed E-state index contributed by atoms with van der Waals surface area (Å²) in [5.74, 6) is 0. The third-order valence-corrected chi connectivity index (χ3v) is 3.35. The van der Waals surface area contributed by atoms with Crippen LogP contribution in [-0.4, -0.2) is 6.71 Å². The van der Waals surface area contributed by atoms with E-state index in [1.807, 2.05) is 0 Å². The van der Waals surface area contributed by atoms with Gasteiger partial charge in [0.05, 0.1) is 0 Å². The molecule has 0 aliphatic rings. The highest BCUT2D eigenvalue weighted by atomic mass is 19.3. The number of rotatable bonds is 10. The van der Waals surface area contributed by atoms with Crippen molar-refractivity contribution in [2.24, 2.45) is 0 Å². The molecule has 0 aromatic rings. The van der Waals surface area contributed by atoms with E-state index >= 15 is 0 Å². The molecule has 0 aromatic carbocycles. The molecule has 0 aliphatic heterocycles. The van der Waals surface area contributed by atoms with Crippen molar-refractivity contribution in [3.63, 3.8) is 0 Å². The van der Waals surface area contributed by atoms with Gasteiger partial charge in [-0.05, 0) is 11.9 Å². The van der Waals surface area contributed by atoms with Crippen molar-refractivity contribution in [3.8, 4) is 0 Å². The van der Waals surface area contributed by atoms with Gasteiger partial charge in [-0.1, -0.05) is 71.9 Å². The van der Waals surface area contributed by atoms with Gasteiger partial charge in [-0.3, -0.25) is 0 Å². The fourth-order valence-corrected chi connectivity index (χ4v) is 2.21. The molecular formula is C14H27BF2. The third-order valence-electron chi connectivity index (χ3n) is 3.35. The molecule has 0 spiro atoms. The molecule has 17 heavy (non-hydrogen) atoms. The van der Waals surface area contributed by atoms with Crippen molar-refractivity contribution in [2.75, 3.05) is 0 Å². The highest BCUT2D eigenvalue weighted by molar-refractivity contribution is 6.66. The lowest BCUT2D eigenvalue weighted by atomic mass is 9.38. The monoisotopic (exact) mass is 244 g/mol. The first-order valence-electron chi connectivity index (χ1n) is 7.21. The topological polar surface area (TPSA) is 0 Å². The van der Waals surface area contributed by atoms with Crippen LogP contribution in [0, 0.1) is 0 Å². The summed E-state index contributed by atoms with van der Waals surface area (Å²) >= 11 is 0. The van der Waals surface area contributed by atoms with Gasteiger partial charge in [-0.15, -0.1) is 0 Å². The zero-order valence-corrected chi connectivity index (χ0v) is 11.7. The second-order valence-electron chi connectivity index (χ2n) is 4.87. The zero-order chi connectivity index (χ0) is 13.1. The molecule has 0 heterocycles. The number of allylic oxidation sites excluding steroid dienone is 1. The van der Waals surface area contributed by atoms with Crippen LogP contribution in [0.15, 0.2) is 11.6 Å². The molecule has 100 valence electrons. The molecule has 0 rings (SSSR count). The van der Waals surface area contributed by atoms with Crippen LogP contribution in [0.25, 0.3) is 0 Å². The van der Waals surface area contributed by atoms with Crippen molar-refractivity contribution in [2.45, 2.75) is 78.4 Å². The molecule has 0 N–H and O–H groups in total. The fourth-order valence-electron chi connectivity index (χ4n) is 2.21. The van der Waals surface area contributed by atoms with E-state index < -0.39 is 6.08 Å². The Bertz CT molecular complexity index is 202. The quantitative estimate of drug-likeness (QED) is 0.416. The molecule has 0 amide bonds. The number of halogens is 2. The molecule has 0 aromatic heterocycles. The Kier molecular flexibility index (Phi) is 10.6. The maximum Gasteiger partial charge on any atom is 0.260 e. The van der Waals surface area contributed by atoms with Gasteiger partial charge in [-0.25, -0.2) is 0 Å². The van der Waals surface area contributed by atoms with Crippen LogP contribution in [0.4, 0.5) is 8.78 Å². The van der Waals surface area contributed by atoms with E-state index in [0.29, 0.717) is 11.9 Å². The molecule has 0 unspecified atom stereocenters. The maximum absolute atomic E-state index is 13.0. The first-order chi connectivity index (χ1) is 8.17. The first-order valence-corrected chi connectivity index (χ1v) is 7.21. The molecule has 0 fully saturated rings. The Balaban J connectivity index is 4.51. The summed E-state index contributed by atoms with van der Waals surface area (Å²) < 4.78 is 26.0. The van der Waals surface area contributed by atoms with Gasteiger partial charge < -0.3 is 0 Å². The molecule has 3 heteroatoms. The molecular weight excluding hydrogens is 217 g/mol. The van der Waals surface area contributed by atoms with Crippen LogP contribution in [0.3, 0.4) is 0 Å². The second-order valence-corrected chi connectivity index (χ2v) is 4.87. The van der Waals surface area contributed by atoms with Crippen molar-refractivity contribution in [1.29, 1.82) is 0 Å². The number of unbranched alkanes of at least 4 members (excludes halogenated alkanes) is 3. The summed E-state index contributed by atoms with van der Waals surface area (Å²) in [6.07, 6.45) is 7.27. The Morgan fingerprint density at radius 1 is 0.824 bits per heavy atom. The molecule has 0 saturated heterocycles. The zero-order valence-electron chi connectivity index (χ0n) is 11.7. The Hall–Kier alpha value is -0.335. The van der Waals surface area contributed by atoms with Crippen LogP contribution in [0.1, 0.15) is 65.7 Å². The summed E-state index contributed by atoms with van der Waals surface area (Å²) in [6, 6.07) is 0. The van der Waals surface area contributed by atoms with E-state index in [9.17, 15) is 8.78 Å². The lowest BCUT2D eigenvalue weighted by molar-refractivity contribution is 0.412. The van der Waals surface area contributed by atoms with Crippen molar-refractivity contribution in [1.82, 2.24) is 0 Å². The Morgan fingerprint density at radius 3 is 1.65 bits per heavy atom. The average Bonchev–Trinajstić information content (AvgIpc) is 2.31. The van der Waals surface area contributed by atoms with E-state index in [-0.39, 0.29) is 6.71 Å². The fraction of sp³-hybridized carbons (Fsp3) is 0.857. The summed E-state index contributed by atoms with van der Waals surface area (Å²) in [4.78, 5) is 0. The SMILES string of the molecule is CCCCB(CCCC)C(CCCC)=C(F)F. The molecule has 0 aliphatic carbocycles. The van der Waals surface area contributed by atoms with Gasteiger partial charge in [0.1, 0.15) is 0 Å². The molecule has 0 atom stereocenters. The minimum atomic E-state index is -1.41. The molecule has 0 bridgehead atoms. The largest absolute Gasteiger partial charge is 0.260 e. The van der Waals surface area contributed by atoms with Gasteiger partial charge in [0.15, 0.2) is 6.71 Å². The van der Waals surface area contributed by atoms with Gasteiger partial charge in [0.25, 0.3) is 6.08 Å². The van der Waals surface area contributed by atoms with Crippen molar-refractivity contribution in [3.05, 3.63) is 11.6 Å². The second kappa shape index (κ2) is 10.8. The van der Waals surface area contributed by atoms with Gasteiger partial charge in [0, 0.05) is 0 Å². The van der Waals surface area contributed by atoms with E-state index in [1.165, 1.54) is 0 Å². The van der Waals surface area contributed by atoms with E-state index in [0.717, 1.165) is 51.2 Å². The van der Waals surface area contributed by atoms with Crippen LogP contribution in [-0.2, 0) is 0 Å². The van der Waals surface area contributed by atoms with Gasteiger partial charge >= 0.3 is 0 Å². The number of hydrogen-bond acceptors (Lipinski definition) is 0. The van der Waals surface area contributed by atoms with Crippen molar-refractivity contribution < 1.29 is 8.78 Å². The number of hydrogen-bond donors (Lipinski definition) is 0. The maximum atomic E-state index is 13.0. The lowest BCUT2D eigenvalue weighted by Gasteiger charge is -2.16. The van der Waals surface area contributed by atoms with Crippen LogP contribution in [0.5, 0.6) is 0 Å². The van der Waals surface area contributed by atoms with Gasteiger partial charge in [-0.2, -0.15) is 8.78 Å². The summed E-state index contributed by atoms with van der Waals surface area (Å²) in [5, 5.41) is 0. The van der Waals surface area contributed by atoms with Crippen LogP contribution < -0.4 is 0 Å². The smallest absolute Gasteiger partial charge is 0.174 e. The first kappa shape index (κ1) is 16.7. The summed E-state index contributed by atoms with van der Waals surface area (Å²) in [5.41, 5.74) is 0.453. The Morgan fingerprint density at radius 2 is 1.29 bits per heavy atom. The summed E-state index contributed by atoms with van der Waals surface area (Å²) in [7, 11) is 0. The predicted molar refractivity (Wildman–Crippen MR) is 74.0 cm³/mol. The molecule has 0 saturated carbocycles. The highest BCUT2D eigenvalue weighted by Crippen LogP contribution is 2.25. The van der Waals surface area contributed by atoms with E-state index in [2.05, 4.69) is 20.8 Å². The normalized spacial score (nSPS) is 10.4. The van der Waals surface area contributed by atoms with Gasteiger partial charge in [0.2, 0.25) is 0 Å². The summed E-state index contributed by atoms with van der Waals surface area (Å²) in [6.45, 7) is 6.43. The lowest BCUT2D eigenvalue weighted by Crippen LogP contribution is -2.17. The average molecular weight is 244 g/mol. The van der Waals surface area contributed by atoms with Crippen LogP contribution in [0.2, 0.25) is 12.6 Å². The minimum absolute atomic E-state index is 0.131. The van der Waals surface area contributed by atoms with E-state index in [4.69, 9.17) is 0 Å². The van der Waals surface area contributed by atoms with Crippen LogP contribution >= 0.6 is 0 Å². The van der Waals surface area contributed by atoms with Crippen molar-refractivity contribution >= 4 is 6.71 Å². The highest BCUT2D eigenvalue weighted by Gasteiger charge is 2.21. The van der Waals surface area contributed by atoms with E-state index in [1.54, 1.807) is 0 Å². The molecule has 0 nitrogen and oxygen atoms in total. The minimum Gasteiger partial charge on any atom is -0.174 e. The predicted octanol–water partition coefficient (Wildman–Crippen LogP) is 5.96.